The molecule has 0 bridgehead atoms. The minimum absolute atomic E-state index is 0.00702. The highest BCUT2D eigenvalue weighted by Gasteiger charge is 2.24. The third kappa shape index (κ3) is 6.26. The van der Waals surface area contributed by atoms with Gasteiger partial charge in [-0.25, -0.2) is 0 Å². The fourth-order valence-electron chi connectivity index (χ4n) is 5.69. The van der Waals surface area contributed by atoms with Crippen molar-refractivity contribution in [3.05, 3.63) is 23.8 Å². The molecule has 0 atom stereocenters. The monoisotopic (exact) mass is 439 g/mol. The highest BCUT2D eigenvalue weighted by molar-refractivity contribution is 6.02. The summed E-state index contributed by atoms with van der Waals surface area (Å²) in [6, 6.07) is 6.19. The van der Waals surface area contributed by atoms with Gasteiger partial charge in [0.2, 0.25) is 5.91 Å². The Bertz CT molecular complexity index is 773. The minimum atomic E-state index is 0.00702. The van der Waals surface area contributed by atoms with Gasteiger partial charge in [-0.05, 0) is 62.1 Å². The number of carbonyl (C=O) groups excluding carboxylic acids is 2. The second kappa shape index (κ2) is 11.2. The summed E-state index contributed by atoms with van der Waals surface area (Å²) in [5.74, 6) is 1.52. The molecule has 2 aliphatic carbocycles. The summed E-state index contributed by atoms with van der Waals surface area (Å²) in [4.78, 5) is 28.2. The molecule has 2 saturated carbocycles. The summed E-state index contributed by atoms with van der Waals surface area (Å²) in [6.45, 7) is 4.27. The van der Waals surface area contributed by atoms with Gasteiger partial charge in [-0.15, -0.1) is 0 Å². The zero-order chi connectivity index (χ0) is 22.3. The largest absolute Gasteiger partial charge is 0.371 e. The van der Waals surface area contributed by atoms with Crippen LogP contribution in [0, 0.1) is 11.8 Å². The molecule has 3 fully saturated rings. The maximum atomic E-state index is 13.3. The summed E-state index contributed by atoms with van der Waals surface area (Å²) in [5.41, 5.74) is 2.46. The van der Waals surface area contributed by atoms with Crippen LogP contribution in [0.1, 0.15) is 101 Å². The molecule has 1 aromatic carbocycles. The van der Waals surface area contributed by atoms with Gasteiger partial charge in [0, 0.05) is 36.9 Å². The first-order valence-electron chi connectivity index (χ1n) is 13.1. The lowest BCUT2D eigenvalue weighted by Crippen LogP contribution is -2.38. The zero-order valence-electron chi connectivity index (χ0n) is 19.8. The molecule has 1 heterocycles. The van der Waals surface area contributed by atoms with Gasteiger partial charge < -0.3 is 15.5 Å². The topological polar surface area (TPSA) is 61.4 Å². The Hall–Kier alpha value is -2.04. The number of hydrogen-bond donors (Lipinski definition) is 2. The van der Waals surface area contributed by atoms with Gasteiger partial charge in [-0.1, -0.05) is 51.9 Å². The molecule has 0 spiro atoms. The summed E-state index contributed by atoms with van der Waals surface area (Å²) in [7, 11) is 0. The Morgan fingerprint density at radius 2 is 1.62 bits per heavy atom. The third-order valence-corrected chi connectivity index (χ3v) is 7.84. The Morgan fingerprint density at radius 3 is 2.34 bits per heavy atom. The van der Waals surface area contributed by atoms with E-state index in [0.717, 1.165) is 62.5 Å². The van der Waals surface area contributed by atoms with Gasteiger partial charge in [0.05, 0.1) is 5.56 Å². The number of anilines is 2. The quantitative estimate of drug-likeness (QED) is 0.556. The molecule has 0 unspecified atom stereocenters. The molecule has 2 amide bonds. The van der Waals surface area contributed by atoms with Gasteiger partial charge in [0.15, 0.2) is 0 Å². The van der Waals surface area contributed by atoms with Crippen molar-refractivity contribution < 1.29 is 9.59 Å². The van der Waals surface area contributed by atoms with Crippen LogP contribution < -0.4 is 15.5 Å². The van der Waals surface area contributed by atoms with E-state index in [1.165, 1.54) is 44.9 Å². The van der Waals surface area contributed by atoms with E-state index in [1.807, 2.05) is 18.2 Å². The van der Waals surface area contributed by atoms with E-state index in [4.69, 9.17) is 0 Å². The SMILES string of the molecule is CC1CCN(c2ccc(NC(=O)CCC3CCCC3)cc2C(=O)NC2CCCCC2)CC1. The predicted molar refractivity (Wildman–Crippen MR) is 131 cm³/mol. The number of carbonyl (C=O) groups is 2. The Morgan fingerprint density at radius 1 is 0.938 bits per heavy atom. The third-order valence-electron chi connectivity index (χ3n) is 7.84. The second-order valence-electron chi connectivity index (χ2n) is 10.4. The summed E-state index contributed by atoms with van der Waals surface area (Å²) in [5, 5.41) is 6.35. The lowest BCUT2D eigenvalue weighted by Gasteiger charge is -2.34. The zero-order valence-corrected chi connectivity index (χ0v) is 19.8. The van der Waals surface area contributed by atoms with Crippen LogP contribution in [0.4, 0.5) is 11.4 Å². The molecule has 5 nitrogen and oxygen atoms in total. The van der Waals surface area contributed by atoms with Crippen LogP contribution in [0.5, 0.6) is 0 Å². The highest BCUT2D eigenvalue weighted by Crippen LogP contribution is 2.31. The van der Waals surface area contributed by atoms with E-state index in [0.29, 0.717) is 17.9 Å². The summed E-state index contributed by atoms with van der Waals surface area (Å²) >= 11 is 0. The van der Waals surface area contributed by atoms with E-state index >= 15 is 0 Å². The van der Waals surface area contributed by atoms with Crippen molar-refractivity contribution in [3.8, 4) is 0 Å². The molecule has 0 radical (unpaired) electrons. The van der Waals surface area contributed by atoms with Gasteiger partial charge in [-0.2, -0.15) is 0 Å². The van der Waals surface area contributed by atoms with Crippen LogP contribution in [0.15, 0.2) is 18.2 Å². The van der Waals surface area contributed by atoms with Crippen LogP contribution in [-0.2, 0) is 4.79 Å². The van der Waals surface area contributed by atoms with Crippen LogP contribution in [0.3, 0.4) is 0 Å². The number of benzene rings is 1. The molecule has 0 aromatic heterocycles. The van der Waals surface area contributed by atoms with E-state index in [1.54, 1.807) is 0 Å². The fraction of sp³-hybridized carbons (Fsp3) is 0.704. The molecular weight excluding hydrogens is 398 g/mol. The van der Waals surface area contributed by atoms with Gasteiger partial charge in [-0.3, -0.25) is 9.59 Å². The first kappa shape index (κ1) is 23.1. The first-order valence-corrected chi connectivity index (χ1v) is 13.1. The number of amides is 2. The van der Waals surface area contributed by atoms with E-state index < -0.39 is 0 Å². The Balaban J connectivity index is 1.45. The average Bonchev–Trinajstić information content (AvgIpc) is 3.33. The molecule has 4 rings (SSSR count). The molecular formula is C27H41N3O2. The van der Waals surface area contributed by atoms with Crippen molar-refractivity contribution in [2.45, 2.75) is 96.4 Å². The minimum Gasteiger partial charge on any atom is -0.371 e. The Kier molecular flexibility index (Phi) is 8.10. The van der Waals surface area contributed by atoms with Gasteiger partial charge in [0.1, 0.15) is 0 Å². The molecule has 32 heavy (non-hydrogen) atoms. The number of nitrogens with zero attached hydrogens (tertiary/aromatic N) is 1. The molecule has 1 aromatic rings. The van der Waals surface area contributed by atoms with Crippen LogP contribution in [0.25, 0.3) is 0 Å². The first-order chi connectivity index (χ1) is 15.6. The lowest BCUT2D eigenvalue weighted by molar-refractivity contribution is -0.116. The Labute approximate surface area is 193 Å². The van der Waals surface area contributed by atoms with E-state index in [9.17, 15) is 9.59 Å². The van der Waals surface area contributed by atoms with Crippen LogP contribution in [-0.4, -0.2) is 30.9 Å². The maximum Gasteiger partial charge on any atom is 0.253 e. The van der Waals surface area contributed by atoms with Crippen molar-refractivity contribution >= 4 is 23.2 Å². The van der Waals surface area contributed by atoms with Crippen molar-refractivity contribution in [1.29, 1.82) is 0 Å². The molecule has 2 N–H and O–H groups in total. The van der Waals surface area contributed by atoms with E-state index in [2.05, 4.69) is 22.5 Å². The van der Waals surface area contributed by atoms with Crippen molar-refractivity contribution in [2.24, 2.45) is 11.8 Å². The lowest BCUT2D eigenvalue weighted by atomic mass is 9.95. The number of rotatable bonds is 7. The molecule has 3 aliphatic rings. The van der Waals surface area contributed by atoms with Crippen molar-refractivity contribution in [1.82, 2.24) is 5.32 Å². The number of hydrogen-bond acceptors (Lipinski definition) is 3. The maximum absolute atomic E-state index is 13.3. The standard InChI is InChI=1S/C27H41N3O2/c1-20-15-17-30(18-16-20)25-13-12-23(28-26(31)14-11-21-7-5-6-8-21)19-24(25)27(32)29-22-9-3-2-4-10-22/h12-13,19-22H,2-11,14-18H2,1H3,(H,28,31)(H,29,32). The highest BCUT2D eigenvalue weighted by atomic mass is 16.2. The number of piperidine rings is 1. The van der Waals surface area contributed by atoms with Gasteiger partial charge in [0.25, 0.3) is 5.91 Å². The smallest absolute Gasteiger partial charge is 0.253 e. The molecule has 1 aliphatic heterocycles. The normalized spacial score (nSPS) is 21.0. The molecule has 176 valence electrons. The van der Waals surface area contributed by atoms with E-state index in [-0.39, 0.29) is 17.9 Å². The van der Waals surface area contributed by atoms with Crippen molar-refractivity contribution in [3.63, 3.8) is 0 Å². The second-order valence-corrected chi connectivity index (χ2v) is 10.4. The predicted octanol–water partition coefficient (Wildman–Crippen LogP) is 5.89. The van der Waals surface area contributed by atoms with Crippen LogP contribution in [0.2, 0.25) is 0 Å². The van der Waals surface area contributed by atoms with Gasteiger partial charge >= 0.3 is 0 Å². The number of nitrogens with one attached hydrogen (secondary N) is 2. The van der Waals surface area contributed by atoms with Crippen LogP contribution >= 0.6 is 0 Å². The molecule has 1 saturated heterocycles. The summed E-state index contributed by atoms with van der Waals surface area (Å²) < 4.78 is 0. The fourth-order valence-corrected chi connectivity index (χ4v) is 5.69. The average molecular weight is 440 g/mol. The molecule has 5 heteroatoms. The van der Waals surface area contributed by atoms with Crippen molar-refractivity contribution in [2.75, 3.05) is 23.3 Å². The summed E-state index contributed by atoms with van der Waals surface area (Å²) in [6.07, 6.45) is 14.8.